The first-order chi connectivity index (χ1) is 10.5. The zero-order valence-electron chi connectivity index (χ0n) is 13.6. The molecule has 0 bridgehead atoms. The Balaban J connectivity index is 1.83. The Kier molecular flexibility index (Phi) is 5.80. The van der Waals surface area contributed by atoms with Crippen LogP contribution < -0.4 is 15.8 Å². The molecule has 1 aromatic carbocycles. The number of nitrogens with zero attached hydrogens (tertiary/aromatic N) is 1. The van der Waals surface area contributed by atoms with Gasteiger partial charge in [-0.05, 0) is 44.6 Å². The summed E-state index contributed by atoms with van der Waals surface area (Å²) < 4.78 is 5.70. The summed E-state index contributed by atoms with van der Waals surface area (Å²) in [6, 6.07) is 7.83. The molecule has 5 heteroatoms. The van der Waals surface area contributed by atoms with Crippen LogP contribution in [0.5, 0.6) is 5.75 Å². The van der Waals surface area contributed by atoms with Gasteiger partial charge in [-0.25, -0.2) is 0 Å². The van der Waals surface area contributed by atoms with Crippen molar-refractivity contribution in [2.45, 2.75) is 37.8 Å². The van der Waals surface area contributed by atoms with E-state index in [1.807, 2.05) is 38.4 Å². The number of amides is 1. The SMILES string of the molecule is CN(C)CCOc1cccc(CNC(=O)C2(N)CCCC2)c1. The van der Waals surface area contributed by atoms with Crippen molar-refractivity contribution in [2.24, 2.45) is 5.73 Å². The number of nitrogens with two attached hydrogens (primary N) is 1. The molecule has 1 aliphatic rings. The number of rotatable bonds is 7. The van der Waals surface area contributed by atoms with Crippen molar-refractivity contribution in [3.63, 3.8) is 0 Å². The third kappa shape index (κ3) is 4.71. The molecule has 1 aliphatic carbocycles. The minimum absolute atomic E-state index is 0.0380. The normalized spacial score (nSPS) is 16.7. The lowest BCUT2D eigenvalue weighted by Gasteiger charge is -2.22. The zero-order chi connectivity index (χ0) is 16.0. The predicted molar refractivity (Wildman–Crippen MR) is 87.7 cm³/mol. The van der Waals surface area contributed by atoms with Crippen molar-refractivity contribution in [1.29, 1.82) is 0 Å². The van der Waals surface area contributed by atoms with Crippen LogP contribution in [0.25, 0.3) is 0 Å². The lowest BCUT2D eigenvalue weighted by molar-refractivity contribution is -0.126. The first kappa shape index (κ1) is 16.8. The van der Waals surface area contributed by atoms with Gasteiger partial charge < -0.3 is 20.7 Å². The van der Waals surface area contributed by atoms with Gasteiger partial charge in [-0.1, -0.05) is 25.0 Å². The van der Waals surface area contributed by atoms with Crippen LogP contribution >= 0.6 is 0 Å². The van der Waals surface area contributed by atoms with E-state index in [1.54, 1.807) is 0 Å². The van der Waals surface area contributed by atoms with Crippen molar-refractivity contribution < 1.29 is 9.53 Å². The number of carbonyl (C=O) groups excluding carboxylic acids is 1. The van der Waals surface area contributed by atoms with Gasteiger partial charge in [-0.2, -0.15) is 0 Å². The maximum Gasteiger partial charge on any atom is 0.240 e. The van der Waals surface area contributed by atoms with Gasteiger partial charge in [0.25, 0.3) is 0 Å². The topological polar surface area (TPSA) is 67.6 Å². The fraction of sp³-hybridized carbons (Fsp3) is 0.588. The predicted octanol–water partition coefficient (Wildman–Crippen LogP) is 1.51. The van der Waals surface area contributed by atoms with Crippen LogP contribution in [0.3, 0.4) is 0 Å². The van der Waals surface area contributed by atoms with Crippen LogP contribution in [0, 0.1) is 0 Å². The van der Waals surface area contributed by atoms with E-state index in [-0.39, 0.29) is 5.91 Å². The van der Waals surface area contributed by atoms with Gasteiger partial charge in [-0.3, -0.25) is 4.79 Å². The fourth-order valence-corrected chi connectivity index (χ4v) is 2.68. The van der Waals surface area contributed by atoms with Crippen molar-refractivity contribution in [1.82, 2.24) is 10.2 Å². The number of hydrogen-bond acceptors (Lipinski definition) is 4. The molecular formula is C17H27N3O2. The van der Waals surface area contributed by atoms with Gasteiger partial charge in [0.1, 0.15) is 12.4 Å². The van der Waals surface area contributed by atoms with Crippen molar-refractivity contribution in [3.05, 3.63) is 29.8 Å². The van der Waals surface area contributed by atoms with Crippen molar-refractivity contribution in [2.75, 3.05) is 27.2 Å². The van der Waals surface area contributed by atoms with Crippen molar-refractivity contribution in [3.8, 4) is 5.75 Å². The molecule has 3 N–H and O–H groups in total. The van der Waals surface area contributed by atoms with Gasteiger partial charge in [0, 0.05) is 13.1 Å². The van der Waals surface area contributed by atoms with Crippen LogP contribution in [0.4, 0.5) is 0 Å². The second-order valence-corrected chi connectivity index (χ2v) is 6.35. The minimum atomic E-state index is -0.667. The second kappa shape index (κ2) is 7.61. The molecule has 0 atom stereocenters. The first-order valence-electron chi connectivity index (χ1n) is 7.93. The van der Waals surface area contributed by atoms with Crippen LogP contribution in [0.2, 0.25) is 0 Å². The van der Waals surface area contributed by atoms with Crippen LogP contribution in [-0.4, -0.2) is 43.6 Å². The number of likely N-dealkylation sites (N-methyl/N-ethyl adjacent to an activating group) is 1. The maximum atomic E-state index is 12.2. The highest BCUT2D eigenvalue weighted by Gasteiger charge is 2.36. The summed E-state index contributed by atoms with van der Waals surface area (Å²) in [4.78, 5) is 14.3. The highest BCUT2D eigenvalue weighted by atomic mass is 16.5. The molecule has 1 amide bonds. The van der Waals surface area contributed by atoms with Gasteiger partial charge in [0.05, 0.1) is 5.54 Å². The average molecular weight is 305 g/mol. The number of hydrogen-bond donors (Lipinski definition) is 2. The van der Waals surface area contributed by atoms with E-state index in [0.29, 0.717) is 13.2 Å². The number of nitrogens with one attached hydrogen (secondary N) is 1. The molecule has 0 radical (unpaired) electrons. The monoisotopic (exact) mass is 305 g/mol. The molecular weight excluding hydrogens is 278 g/mol. The molecule has 122 valence electrons. The average Bonchev–Trinajstić information content (AvgIpc) is 2.93. The second-order valence-electron chi connectivity index (χ2n) is 6.35. The Morgan fingerprint density at radius 3 is 2.77 bits per heavy atom. The van der Waals surface area contributed by atoms with E-state index in [4.69, 9.17) is 10.5 Å². The molecule has 0 saturated heterocycles. The first-order valence-corrected chi connectivity index (χ1v) is 7.93. The van der Waals surface area contributed by atoms with Gasteiger partial charge >= 0.3 is 0 Å². The maximum absolute atomic E-state index is 12.2. The van der Waals surface area contributed by atoms with E-state index < -0.39 is 5.54 Å². The zero-order valence-corrected chi connectivity index (χ0v) is 13.6. The van der Waals surface area contributed by atoms with E-state index in [0.717, 1.165) is 43.5 Å². The Morgan fingerprint density at radius 1 is 1.36 bits per heavy atom. The largest absolute Gasteiger partial charge is 0.492 e. The molecule has 0 aromatic heterocycles. The Morgan fingerprint density at radius 2 is 2.09 bits per heavy atom. The summed E-state index contributed by atoms with van der Waals surface area (Å²) in [5, 5.41) is 2.96. The van der Waals surface area contributed by atoms with Gasteiger partial charge in [0.2, 0.25) is 5.91 Å². The molecule has 5 nitrogen and oxygen atoms in total. The third-order valence-electron chi connectivity index (χ3n) is 4.11. The van der Waals surface area contributed by atoms with Crippen LogP contribution in [0.15, 0.2) is 24.3 Å². The standard InChI is InChI=1S/C17H27N3O2/c1-20(2)10-11-22-15-7-5-6-14(12-15)13-19-16(21)17(18)8-3-4-9-17/h5-7,12H,3-4,8-11,13,18H2,1-2H3,(H,19,21). The Labute approximate surface area is 132 Å². The van der Waals surface area contributed by atoms with Gasteiger partial charge in [0.15, 0.2) is 0 Å². The number of carbonyl (C=O) groups is 1. The van der Waals surface area contributed by atoms with Crippen LogP contribution in [0.1, 0.15) is 31.2 Å². The molecule has 0 spiro atoms. The Hall–Kier alpha value is -1.59. The highest BCUT2D eigenvalue weighted by Crippen LogP contribution is 2.27. The third-order valence-corrected chi connectivity index (χ3v) is 4.11. The molecule has 0 heterocycles. The molecule has 22 heavy (non-hydrogen) atoms. The van der Waals surface area contributed by atoms with Gasteiger partial charge in [-0.15, -0.1) is 0 Å². The Bertz CT molecular complexity index is 496. The summed E-state index contributed by atoms with van der Waals surface area (Å²) >= 11 is 0. The number of ether oxygens (including phenoxy) is 1. The molecule has 1 fully saturated rings. The van der Waals surface area contributed by atoms with E-state index >= 15 is 0 Å². The van der Waals surface area contributed by atoms with Crippen LogP contribution in [-0.2, 0) is 11.3 Å². The fourth-order valence-electron chi connectivity index (χ4n) is 2.68. The molecule has 1 saturated carbocycles. The molecule has 2 rings (SSSR count). The lowest BCUT2D eigenvalue weighted by atomic mass is 9.98. The lowest BCUT2D eigenvalue weighted by Crippen LogP contribution is -2.51. The van der Waals surface area contributed by atoms with Crippen molar-refractivity contribution >= 4 is 5.91 Å². The smallest absolute Gasteiger partial charge is 0.240 e. The molecule has 0 unspecified atom stereocenters. The number of benzene rings is 1. The summed E-state index contributed by atoms with van der Waals surface area (Å²) in [6.07, 6.45) is 3.65. The molecule has 0 aliphatic heterocycles. The summed E-state index contributed by atoms with van der Waals surface area (Å²) in [7, 11) is 4.03. The van der Waals surface area contributed by atoms with E-state index in [9.17, 15) is 4.79 Å². The molecule has 1 aromatic rings. The summed E-state index contributed by atoms with van der Waals surface area (Å²) in [5.41, 5.74) is 6.51. The van der Waals surface area contributed by atoms with E-state index in [2.05, 4.69) is 10.2 Å². The quantitative estimate of drug-likeness (QED) is 0.801. The highest BCUT2D eigenvalue weighted by molar-refractivity contribution is 5.86. The minimum Gasteiger partial charge on any atom is -0.492 e. The van der Waals surface area contributed by atoms with E-state index in [1.165, 1.54) is 0 Å². The summed E-state index contributed by atoms with van der Waals surface area (Å²) in [6.45, 7) is 2.01. The summed E-state index contributed by atoms with van der Waals surface area (Å²) in [5.74, 6) is 0.792.